The molecule has 2 amide bonds. The number of rotatable bonds is 9. The number of carbonyl (C=O) groups is 2. The Bertz CT molecular complexity index is 1290. The molecule has 3 N–H and O–H groups in total. The fraction of sp³-hybridized carbons (Fsp3) is 0.273. The highest BCUT2D eigenvalue weighted by molar-refractivity contribution is 6.31. The maximum Gasteiger partial charge on any atom is 0.404 e. The van der Waals surface area contributed by atoms with Crippen molar-refractivity contribution in [1.82, 2.24) is 19.7 Å². The van der Waals surface area contributed by atoms with Gasteiger partial charge in [0.2, 0.25) is 5.91 Å². The topological polar surface area (TPSA) is 121 Å². The Morgan fingerprint density at radius 3 is 2.39 bits per heavy atom. The quantitative estimate of drug-likeness (QED) is 0.422. The van der Waals surface area contributed by atoms with Crippen LogP contribution in [0.2, 0.25) is 10.0 Å². The molecule has 2 aromatic carbocycles. The Balaban J connectivity index is 1.88. The number of carbonyl (C=O) groups excluding carboxylic acids is 2. The van der Waals surface area contributed by atoms with Crippen LogP contribution < -0.4 is 16.7 Å². The zero-order chi connectivity index (χ0) is 26.5. The number of hydrogen-bond donors (Lipinski definition) is 2. The maximum atomic E-state index is 12.9. The molecule has 9 nitrogen and oxygen atoms in total. The standard InChI is InChI=1S/C22H20Cl2F3N5O4/c23-14-7-5-13(6-8-14)19-30-32(21(35)31(19)10-9-22(25,26)27)11-18(33)29-17(12-36-20(28)34)15-3-1-2-4-16(15)24/h1-8,17H,9-12H2,(H2,28,34)(H,29,33). The molecule has 0 saturated carbocycles. The first-order valence-electron chi connectivity index (χ1n) is 10.4. The smallest absolute Gasteiger partial charge is 0.404 e. The Labute approximate surface area is 212 Å². The number of halogens is 5. The number of alkyl halides is 3. The van der Waals surface area contributed by atoms with Gasteiger partial charge in [-0.25, -0.2) is 14.3 Å². The van der Waals surface area contributed by atoms with Crippen molar-refractivity contribution in [2.24, 2.45) is 5.73 Å². The number of nitrogens with zero attached hydrogens (tertiary/aromatic N) is 3. The summed E-state index contributed by atoms with van der Waals surface area (Å²) in [6.45, 7) is -1.68. The molecule has 0 aliphatic heterocycles. The Morgan fingerprint density at radius 2 is 1.78 bits per heavy atom. The summed E-state index contributed by atoms with van der Waals surface area (Å²) in [6, 6.07) is 11.5. The van der Waals surface area contributed by atoms with E-state index in [0.717, 1.165) is 9.25 Å². The Morgan fingerprint density at radius 1 is 1.11 bits per heavy atom. The molecule has 3 rings (SSSR count). The molecule has 36 heavy (non-hydrogen) atoms. The van der Waals surface area contributed by atoms with Gasteiger partial charge in [0, 0.05) is 22.2 Å². The van der Waals surface area contributed by atoms with Gasteiger partial charge in [-0.05, 0) is 35.9 Å². The molecular formula is C22H20Cl2F3N5O4. The predicted molar refractivity (Wildman–Crippen MR) is 125 cm³/mol. The van der Waals surface area contributed by atoms with E-state index in [-0.39, 0.29) is 17.5 Å². The van der Waals surface area contributed by atoms with E-state index in [2.05, 4.69) is 10.4 Å². The number of amides is 2. The van der Waals surface area contributed by atoms with Crippen molar-refractivity contribution < 1.29 is 27.5 Å². The second kappa shape index (κ2) is 11.5. The van der Waals surface area contributed by atoms with Crippen LogP contribution in [-0.2, 0) is 22.6 Å². The van der Waals surface area contributed by atoms with E-state index in [1.165, 1.54) is 24.3 Å². The molecule has 0 radical (unpaired) electrons. The molecule has 192 valence electrons. The van der Waals surface area contributed by atoms with E-state index in [1.54, 1.807) is 24.3 Å². The number of benzene rings is 2. The molecular weight excluding hydrogens is 526 g/mol. The number of ether oxygens (including phenoxy) is 1. The van der Waals surface area contributed by atoms with Gasteiger partial charge in [-0.2, -0.15) is 13.2 Å². The average Bonchev–Trinajstić information content (AvgIpc) is 3.10. The van der Waals surface area contributed by atoms with E-state index in [4.69, 9.17) is 33.7 Å². The summed E-state index contributed by atoms with van der Waals surface area (Å²) >= 11 is 12.1. The Kier molecular flexibility index (Phi) is 8.64. The molecule has 1 atom stereocenters. The molecule has 1 unspecified atom stereocenters. The van der Waals surface area contributed by atoms with E-state index in [0.29, 0.717) is 16.1 Å². The highest BCUT2D eigenvalue weighted by atomic mass is 35.5. The Hall–Kier alpha value is -3.51. The van der Waals surface area contributed by atoms with Crippen LogP contribution in [0.3, 0.4) is 0 Å². The van der Waals surface area contributed by atoms with Crippen LogP contribution in [-0.4, -0.2) is 39.1 Å². The monoisotopic (exact) mass is 545 g/mol. The molecule has 1 heterocycles. The SMILES string of the molecule is NC(=O)OCC(NC(=O)Cn1nc(-c2ccc(Cl)cc2)n(CCC(F)(F)F)c1=O)c1ccccc1Cl. The lowest BCUT2D eigenvalue weighted by molar-refractivity contribution is -0.136. The molecule has 0 aliphatic carbocycles. The first-order valence-corrected chi connectivity index (χ1v) is 11.2. The molecule has 1 aromatic heterocycles. The lowest BCUT2D eigenvalue weighted by atomic mass is 10.1. The van der Waals surface area contributed by atoms with Crippen LogP contribution in [0.5, 0.6) is 0 Å². The molecule has 0 saturated heterocycles. The van der Waals surface area contributed by atoms with Gasteiger partial charge in [-0.15, -0.1) is 5.10 Å². The van der Waals surface area contributed by atoms with Crippen LogP contribution in [0, 0.1) is 0 Å². The summed E-state index contributed by atoms with van der Waals surface area (Å²) in [4.78, 5) is 36.8. The van der Waals surface area contributed by atoms with Gasteiger partial charge < -0.3 is 15.8 Å². The summed E-state index contributed by atoms with van der Waals surface area (Å²) < 4.78 is 45.0. The minimum absolute atomic E-state index is 0.0616. The second-order valence-electron chi connectivity index (χ2n) is 7.56. The van der Waals surface area contributed by atoms with Crippen molar-refractivity contribution >= 4 is 35.2 Å². The zero-order valence-corrected chi connectivity index (χ0v) is 20.0. The zero-order valence-electron chi connectivity index (χ0n) is 18.5. The van der Waals surface area contributed by atoms with E-state index < -0.39 is 49.4 Å². The third kappa shape index (κ3) is 7.25. The largest absolute Gasteiger partial charge is 0.447 e. The van der Waals surface area contributed by atoms with Crippen LogP contribution in [0.4, 0.5) is 18.0 Å². The maximum absolute atomic E-state index is 12.9. The van der Waals surface area contributed by atoms with Gasteiger partial charge in [0.25, 0.3) is 0 Å². The molecule has 0 fully saturated rings. The van der Waals surface area contributed by atoms with Crippen LogP contribution in [0.25, 0.3) is 11.4 Å². The van der Waals surface area contributed by atoms with Gasteiger partial charge in [-0.3, -0.25) is 9.36 Å². The summed E-state index contributed by atoms with van der Waals surface area (Å²) in [5, 5.41) is 7.31. The van der Waals surface area contributed by atoms with Crippen molar-refractivity contribution in [1.29, 1.82) is 0 Å². The second-order valence-corrected chi connectivity index (χ2v) is 8.40. The lowest BCUT2D eigenvalue weighted by Crippen LogP contribution is -2.38. The number of primary amides is 1. The molecule has 0 aliphatic rings. The van der Waals surface area contributed by atoms with Gasteiger partial charge >= 0.3 is 18.0 Å². The number of hydrogen-bond acceptors (Lipinski definition) is 5. The third-order valence-corrected chi connectivity index (χ3v) is 5.54. The van der Waals surface area contributed by atoms with Crippen LogP contribution >= 0.6 is 23.2 Å². The third-order valence-electron chi connectivity index (χ3n) is 4.95. The van der Waals surface area contributed by atoms with Gasteiger partial charge in [-0.1, -0.05) is 41.4 Å². The van der Waals surface area contributed by atoms with Crippen molar-refractivity contribution in [3.05, 3.63) is 74.6 Å². The van der Waals surface area contributed by atoms with E-state index in [1.807, 2.05) is 0 Å². The van der Waals surface area contributed by atoms with Gasteiger partial charge in [0.1, 0.15) is 13.2 Å². The summed E-state index contributed by atoms with van der Waals surface area (Å²) in [5.41, 5.74) is 4.86. The fourth-order valence-electron chi connectivity index (χ4n) is 3.31. The molecule has 14 heteroatoms. The van der Waals surface area contributed by atoms with Gasteiger partial charge in [0.15, 0.2) is 5.82 Å². The molecule has 0 spiro atoms. The van der Waals surface area contributed by atoms with Crippen molar-refractivity contribution in [2.75, 3.05) is 6.61 Å². The highest BCUT2D eigenvalue weighted by Crippen LogP contribution is 2.24. The fourth-order valence-corrected chi connectivity index (χ4v) is 3.70. The van der Waals surface area contributed by atoms with E-state index >= 15 is 0 Å². The average molecular weight is 546 g/mol. The predicted octanol–water partition coefficient (Wildman–Crippen LogP) is 3.92. The first-order chi connectivity index (χ1) is 16.9. The molecule has 0 bridgehead atoms. The van der Waals surface area contributed by atoms with Crippen molar-refractivity contribution in [3.8, 4) is 11.4 Å². The van der Waals surface area contributed by atoms with Crippen LogP contribution in [0.1, 0.15) is 18.0 Å². The summed E-state index contributed by atoms with van der Waals surface area (Å²) in [6.07, 6.45) is -6.86. The summed E-state index contributed by atoms with van der Waals surface area (Å²) in [7, 11) is 0. The normalized spacial score (nSPS) is 12.2. The summed E-state index contributed by atoms with van der Waals surface area (Å²) in [5.74, 6) is -0.799. The van der Waals surface area contributed by atoms with Crippen molar-refractivity contribution in [2.45, 2.75) is 31.7 Å². The van der Waals surface area contributed by atoms with Gasteiger partial charge in [0.05, 0.1) is 12.5 Å². The number of aromatic nitrogens is 3. The van der Waals surface area contributed by atoms with E-state index in [9.17, 15) is 27.6 Å². The first kappa shape index (κ1) is 27.1. The molecule has 3 aromatic rings. The highest BCUT2D eigenvalue weighted by Gasteiger charge is 2.29. The minimum Gasteiger partial charge on any atom is -0.447 e. The lowest BCUT2D eigenvalue weighted by Gasteiger charge is -2.19. The van der Waals surface area contributed by atoms with Crippen molar-refractivity contribution in [3.63, 3.8) is 0 Å². The number of nitrogens with two attached hydrogens (primary N) is 1. The number of nitrogens with one attached hydrogen (secondary N) is 1. The van der Waals surface area contributed by atoms with Crippen LogP contribution in [0.15, 0.2) is 53.3 Å². The minimum atomic E-state index is -4.52.